The van der Waals surface area contributed by atoms with Crippen LogP contribution in [0, 0.1) is 0 Å². The fourth-order valence-corrected chi connectivity index (χ4v) is 2.11. The minimum atomic E-state index is -0.254. The largest absolute Gasteiger partial charge is 0.354 e. The third kappa shape index (κ3) is 1.30. The van der Waals surface area contributed by atoms with Gasteiger partial charge in [0.25, 0.3) is 0 Å². The molecular weight excluding hydrogens is 202 g/mol. The second-order valence-corrected chi connectivity index (χ2v) is 3.85. The van der Waals surface area contributed by atoms with Crippen LogP contribution in [0.25, 0.3) is 0 Å². The van der Waals surface area contributed by atoms with E-state index in [9.17, 15) is 4.79 Å². The van der Waals surface area contributed by atoms with E-state index in [-0.39, 0.29) is 10.8 Å². The Morgan fingerprint density at radius 2 is 2.43 bits per heavy atom. The van der Waals surface area contributed by atoms with E-state index in [0.717, 1.165) is 12.4 Å². The fourth-order valence-electron chi connectivity index (χ4n) is 1.94. The van der Waals surface area contributed by atoms with Crippen molar-refractivity contribution < 1.29 is 0 Å². The number of fused-ring (bicyclic) bond motifs is 1. The summed E-state index contributed by atoms with van der Waals surface area (Å²) in [5.41, 5.74) is -0.254. The molecule has 0 saturated carbocycles. The van der Waals surface area contributed by atoms with Crippen LogP contribution in [-0.4, -0.2) is 22.1 Å². The molecule has 0 aliphatic carbocycles. The third-order valence-corrected chi connectivity index (χ3v) is 2.77. The van der Waals surface area contributed by atoms with Gasteiger partial charge in [-0.25, -0.2) is 4.79 Å². The molecule has 1 aromatic heterocycles. The molecule has 14 heavy (non-hydrogen) atoms. The highest BCUT2D eigenvalue weighted by molar-refractivity contribution is 6.29. The van der Waals surface area contributed by atoms with E-state index in [1.807, 2.05) is 0 Å². The average molecular weight is 214 g/mol. The molecular formula is C9H12ClN3O. The molecule has 0 radical (unpaired) electrons. The Balaban J connectivity index is 2.58. The van der Waals surface area contributed by atoms with Crippen LogP contribution >= 0.6 is 11.6 Å². The van der Waals surface area contributed by atoms with Gasteiger partial charge in [-0.3, -0.25) is 4.57 Å². The monoisotopic (exact) mass is 213 g/mol. The smallest absolute Gasteiger partial charge is 0.350 e. The first-order chi connectivity index (χ1) is 6.63. The standard InChI is InChI=1S/C9H12ClN3O/c1-3-12-6(2)5-13-8(12)4-7(10)11-9(13)14/h4,6H,3,5H2,1-2H3. The molecule has 76 valence electrons. The third-order valence-electron chi connectivity index (χ3n) is 2.57. The van der Waals surface area contributed by atoms with Crippen molar-refractivity contribution in [2.45, 2.75) is 26.4 Å². The zero-order valence-corrected chi connectivity index (χ0v) is 8.95. The highest BCUT2D eigenvalue weighted by atomic mass is 35.5. The van der Waals surface area contributed by atoms with Crippen LogP contribution in [0.2, 0.25) is 5.15 Å². The van der Waals surface area contributed by atoms with Crippen LogP contribution in [-0.2, 0) is 6.54 Å². The van der Waals surface area contributed by atoms with E-state index in [0.29, 0.717) is 12.6 Å². The summed E-state index contributed by atoms with van der Waals surface area (Å²) in [5, 5.41) is 0.272. The minimum absolute atomic E-state index is 0.254. The van der Waals surface area contributed by atoms with Crippen molar-refractivity contribution in [2.24, 2.45) is 0 Å². The second-order valence-electron chi connectivity index (χ2n) is 3.47. The number of hydrogen-bond donors (Lipinski definition) is 0. The molecule has 1 aromatic rings. The maximum absolute atomic E-state index is 11.5. The molecule has 1 aliphatic rings. The normalized spacial score (nSPS) is 19.9. The zero-order chi connectivity index (χ0) is 10.3. The lowest BCUT2D eigenvalue weighted by Gasteiger charge is -2.20. The number of rotatable bonds is 1. The van der Waals surface area contributed by atoms with Crippen molar-refractivity contribution in [1.29, 1.82) is 0 Å². The molecule has 0 bridgehead atoms. The van der Waals surface area contributed by atoms with Crippen LogP contribution in [0.3, 0.4) is 0 Å². The lowest BCUT2D eigenvalue weighted by molar-refractivity contribution is 0.617. The number of halogens is 1. The number of likely N-dealkylation sites (N-methyl/N-ethyl adjacent to an activating group) is 1. The van der Waals surface area contributed by atoms with Gasteiger partial charge in [-0.1, -0.05) is 11.6 Å². The van der Waals surface area contributed by atoms with Crippen molar-refractivity contribution in [3.8, 4) is 0 Å². The maximum Gasteiger partial charge on any atom is 0.350 e. The van der Waals surface area contributed by atoms with Gasteiger partial charge in [-0.2, -0.15) is 4.98 Å². The van der Waals surface area contributed by atoms with Crippen molar-refractivity contribution >= 4 is 17.4 Å². The molecule has 2 heterocycles. The van der Waals surface area contributed by atoms with Crippen LogP contribution in [0.15, 0.2) is 10.9 Å². The summed E-state index contributed by atoms with van der Waals surface area (Å²) in [5.74, 6) is 0.880. The Labute approximate surface area is 87.1 Å². The Bertz CT molecular complexity index is 415. The van der Waals surface area contributed by atoms with Gasteiger partial charge in [0.2, 0.25) is 0 Å². The van der Waals surface area contributed by atoms with Gasteiger partial charge in [0.05, 0.1) is 0 Å². The Morgan fingerprint density at radius 3 is 3.07 bits per heavy atom. The first-order valence-corrected chi connectivity index (χ1v) is 5.05. The lowest BCUT2D eigenvalue weighted by atomic mass is 10.3. The van der Waals surface area contributed by atoms with E-state index in [2.05, 4.69) is 23.7 Å². The average Bonchev–Trinajstić information content (AvgIpc) is 2.41. The minimum Gasteiger partial charge on any atom is -0.354 e. The Hall–Kier alpha value is -1.03. The summed E-state index contributed by atoms with van der Waals surface area (Å²) in [4.78, 5) is 17.3. The highest BCUT2D eigenvalue weighted by Gasteiger charge is 2.26. The predicted octanol–water partition coefficient (Wildman–Crippen LogP) is 1.13. The van der Waals surface area contributed by atoms with E-state index in [1.54, 1.807) is 10.6 Å². The van der Waals surface area contributed by atoms with Gasteiger partial charge >= 0.3 is 5.69 Å². The molecule has 2 rings (SSSR count). The van der Waals surface area contributed by atoms with Crippen molar-refractivity contribution in [3.63, 3.8) is 0 Å². The van der Waals surface area contributed by atoms with Gasteiger partial charge in [-0.15, -0.1) is 0 Å². The number of hydrogen-bond acceptors (Lipinski definition) is 3. The number of aromatic nitrogens is 2. The van der Waals surface area contributed by atoms with Gasteiger partial charge in [0.15, 0.2) is 0 Å². The summed E-state index contributed by atoms with van der Waals surface area (Å²) >= 11 is 5.75. The van der Waals surface area contributed by atoms with E-state index in [4.69, 9.17) is 11.6 Å². The van der Waals surface area contributed by atoms with Gasteiger partial charge in [-0.05, 0) is 13.8 Å². The summed E-state index contributed by atoms with van der Waals surface area (Å²) in [6.07, 6.45) is 0. The molecule has 0 spiro atoms. The molecule has 0 fully saturated rings. The van der Waals surface area contributed by atoms with Crippen LogP contribution < -0.4 is 10.6 Å². The molecule has 0 N–H and O–H groups in total. The first kappa shape index (κ1) is 9.52. The van der Waals surface area contributed by atoms with Crippen LogP contribution in [0.5, 0.6) is 0 Å². The van der Waals surface area contributed by atoms with Crippen LogP contribution in [0.1, 0.15) is 13.8 Å². The summed E-state index contributed by atoms with van der Waals surface area (Å²) in [6, 6.07) is 2.09. The quantitative estimate of drug-likeness (QED) is 0.657. The molecule has 5 heteroatoms. The summed E-state index contributed by atoms with van der Waals surface area (Å²) in [7, 11) is 0. The van der Waals surface area contributed by atoms with E-state index < -0.39 is 0 Å². The molecule has 0 amide bonds. The zero-order valence-electron chi connectivity index (χ0n) is 8.20. The molecule has 1 unspecified atom stereocenters. The molecule has 4 nitrogen and oxygen atoms in total. The maximum atomic E-state index is 11.5. The highest BCUT2D eigenvalue weighted by Crippen LogP contribution is 2.24. The van der Waals surface area contributed by atoms with Gasteiger partial charge < -0.3 is 4.90 Å². The van der Waals surface area contributed by atoms with Crippen molar-refractivity contribution in [2.75, 3.05) is 11.4 Å². The van der Waals surface area contributed by atoms with Gasteiger partial charge in [0, 0.05) is 25.2 Å². The SMILES string of the molecule is CCN1c2cc(Cl)nc(=O)n2CC1C. The van der Waals surface area contributed by atoms with E-state index in [1.165, 1.54) is 0 Å². The lowest BCUT2D eigenvalue weighted by Crippen LogP contribution is -2.28. The Kier molecular flexibility index (Phi) is 2.23. The predicted molar refractivity (Wildman–Crippen MR) is 56.0 cm³/mol. The topological polar surface area (TPSA) is 38.1 Å². The molecule has 1 aliphatic heterocycles. The summed E-state index contributed by atoms with van der Waals surface area (Å²) in [6.45, 7) is 5.72. The second kappa shape index (κ2) is 3.28. The number of anilines is 1. The van der Waals surface area contributed by atoms with E-state index >= 15 is 0 Å². The molecule has 1 atom stereocenters. The Morgan fingerprint density at radius 1 is 1.71 bits per heavy atom. The summed E-state index contributed by atoms with van der Waals surface area (Å²) < 4.78 is 1.67. The van der Waals surface area contributed by atoms with Crippen LogP contribution in [0.4, 0.5) is 5.82 Å². The first-order valence-electron chi connectivity index (χ1n) is 4.67. The number of nitrogens with zero attached hydrogens (tertiary/aromatic N) is 3. The fraction of sp³-hybridized carbons (Fsp3) is 0.556. The molecule has 0 aromatic carbocycles. The van der Waals surface area contributed by atoms with Crippen molar-refractivity contribution in [3.05, 3.63) is 21.7 Å². The van der Waals surface area contributed by atoms with Crippen molar-refractivity contribution in [1.82, 2.24) is 9.55 Å². The van der Waals surface area contributed by atoms with Gasteiger partial charge in [0.1, 0.15) is 11.0 Å². The molecule has 0 saturated heterocycles.